The van der Waals surface area contributed by atoms with E-state index in [1.54, 1.807) is 0 Å². The highest BCUT2D eigenvalue weighted by Gasteiger charge is 2.19. The van der Waals surface area contributed by atoms with Gasteiger partial charge in [-0.2, -0.15) is 0 Å². The van der Waals surface area contributed by atoms with Gasteiger partial charge in [-0.15, -0.1) is 0 Å². The van der Waals surface area contributed by atoms with Gasteiger partial charge in [-0.05, 0) is 64.2 Å². The molecule has 0 spiro atoms. The average molecular weight is 741 g/mol. The second kappa shape index (κ2) is 41.9. The first-order valence-corrected chi connectivity index (χ1v) is 21.8. The third-order valence-electron chi connectivity index (χ3n) is 9.04. The minimum Gasteiger partial charge on any atom is -0.462 e. The van der Waals surface area contributed by atoms with Crippen LogP contribution in [0.25, 0.3) is 0 Å². The number of allylic oxidation sites excluding steroid dienone is 10. The van der Waals surface area contributed by atoms with Crippen molar-refractivity contribution in [1.82, 2.24) is 0 Å². The summed E-state index contributed by atoms with van der Waals surface area (Å²) in [5.74, 6) is -0.937. The van der Waals surface area contributed by atoms with E-state index in [9.17, 15) is 14.4 Å². The Hall–Kier alpha value is -2.89. The maximum absolute atomic E-state index is 12.6. The van der Waals surface area contributed by atoms with Crippen LogP contribution in [0.2, 0.25) is 0 Å². The molecule has 0 amide bonds. The van der Waals surface area contributed by atoms with Crippen LogP contribution in [0, 0.1) is 0 Å². The molecule has 0 radical (unpaired) electrons. The van der Waals surface area contributed by atoms with Gasteiger partial charge in [0, 0.05) is 19.3 Å². The van der Waals surface area contributed by atoms with Gasteiger partial charge < -0.3 is 14.2 Å². The molecule has 53 heavy (non-hydrogen) atoms. The SMILES string of the molecule is CC/C=C\C/C=C\C/C=C\C/C=C\C/C=C\CCCCCC(=O)OCC(COC(=O)CCCCCCC)OC(=O)CCCCCCCCCCCCC. The Labute approximate surface area is 326 Å². The Morgan fingerprint density at radius 2 is 0.736 bits per heavy atom. The molecular weight excluding hydrogens is 661 g/mol. The molecule has 1 unspecified atom stereocenters. The highest BCUT2D eigenvalue weighted by atomic mass is 16.6. The first kappa shape index (κ1) is 50.1. The molecule has 0 N–H and O–H groups in total. The second-order valence-corrected chi connectivity index (χ2v) is 14.2. The summed E-state index contributed by atoms with van der Waals surface area (Å²) in [6, 6.07) is 0. The Balaban J connectivity index is 4.28. The van der Waals surface area contributed by atoms with Crippen molar-refractivity contribution in [3.8, 4) is 0 Å². The molecule has 0 aliphatic heterocycles. The predicted molar refractivity (Wildman–Crippen MR) is 224 cm³/mol. The topological polar surface area (TPSA) is 78.9 Å². The summed E-state index contributed by atoms with van der Waals surface area (Å²) in [6.45, 7) is 6.38. The van der Waals surface area contributed by atoms with Gasteiger partial charge in [0.15, 0.2) is 6.10 Å². The normalized spacial score (nSPS) is 12.6. The van der Waals surface area contributed by atoms with Crippen molar-refractivity contribution in [2.75, 3.05) is 13.2 Å². The van der Waals surface area contributed by atoms with E-state index in [2.05, 4.69) is 81.5 Å². The van der Waals surface area contributed by atoms with Gasteiger partial charge in [-0.3, -0.25) is 14.4 Å². The first-order chi connectivity index (χ1) is 26.0. The molecule has 0 saturated heterocycles. The second-order valence-electron chi connectivity index (χ2n) is 14.2. The Morgan fingerprint density at radius 3 is 1.15 bits per heavy atom. The molecule has 0 saturated carbocycles. The van der Waals surface area contributed by atoms with Crippen LogP contribution in [0.15, 0.2) is 60.8 Å². The monoisotopic (exact) mass is 741 g/mol. The number of unbranched alkanes of at least 4 members (excludes halogenated alkanes) is 17. The molecule has 304 valence electrons. The highest BCUT2D eigenvalue weighted by molar-refractivity contribution is 5.71. The van der Waals surface area contributed by atoms with Crippen LogP contribution in [-0.4, -0.2) is 37.2 Å². The number of esters is 3. The number of hydrogen-bond donors (Lipinski definition) is 0. The van der Waals surface area contributed by atoms with Gasteiger partial charge in [-0.25, -0.2) is 0 Å². The lowest BCUT2D eigenvalue weighted by Gasteiger charge is -2.18. The third-order valence-corrected chi connectivity index (χ3v) is 9.04. The van der Waals surface area contributed by atoms with Crippen LogP contribution in [0.1, 0.15) is 201 Å². The average Bonchev–Trinajstić information content (AvgIpc) is 3.15. The van der Waals surface area contributed by atoms with Crippen LogP contribution in [-0.2, 0) is 28.6 Å². The number of hydrogen-bond acceptors (Lipinski definition) is 6. The summed E-state index contributed by atoms with van der Waals surface area (Å²) < 4.78 is 16.5. The zero-order valence-corrected chi connectivity index (χ0v) is 34.5. The van der Waals surface area contributed by atoms with Crippen molar-refractivity contribution in [2.24, 2.45) is 0 Å². The number of ether oxygens (including phenoxy) is 3. The number of carbonyl (C=O) groups excluding carboxylic acids is 3. The molecule has 0 rings (SSSR count). The van der Waals surface area contributed by atoms with Crippen LogP contribution in [0.3, 0.4) is 0 Å². The predicted octanol–water partition coefficient (Wildman–Crippen LogP) is 13.7. The largest absolute Gasteiger partial charge is 0.462 e. The lowest BCUT2D eigenvalue weighted by atomic mass is 10.1. The van der Waals surface area contributed by atoms with Crippen molar-refractivity contribution >= 4 is 17.9 Å². The molecule has 0 aliphatic carbocycles. The molecule has 0 aromatic carbocycles. The Bertz CT molecular complexity index is 991. The van der Waals surface area contributed by atoms with Crippen molar-refractivity contribution in [1.29, 1.82) is 0 Å². The van der Waals surface area contributed by atoms with Crippen molar-refractivity contribution in [3.05, 3.63) is 60.8 Å². The van der Waals surface area contributed by atoms with Crippen LogP contribution >= 0.6 is 0 Å². The lowest BCUT2D eigenvalue weighted by molar-refractivity contribution is -0.167. The van der Waals surface area contributed by atoms with Crippen LogP contribution in [0.5, 0.6) is 0 Å². The van der Waals surface area contributed by atoms with E-state index in [0.717, 1.165) is 103 Å². The summed E-state index contributed by atoms with van der Waals surface area (Å²) in [6.07, 6.45) is 49.5. The maximum atomic E-state index is 12.6. The summed E-state index contributed by atoms with van der Waals surface area (Å²) in [7, 11) is 0. The molecule has 1 atom stereocenters. The van der Waals surface area contributed by atoms with Gasteiger partial charge in [0.25, 0.3) is 0 Å². The van der Waals surface area contributed by atoms with Crippen molar-refractivity contribution < 1.29 is 28.6 Å². The fourth-order valence-corrected chi connectivity index (χ4v) is 5.76. The summed E-state index contributed by atoms with van der Waals surface area (Å²) in [5, 5.41) is 0. The van der Waals surface area contributed by atoms with E-state index in [1.807, 2.05) is 0 Å². The molecule has 0 fully saturated rings. The molecule has 0 aliphatic rings. The molecule has 0 heterocycles. The number of rotatable bonds is 38. The van der Waals surface area contributed by atoms with E-state index >= 15 is 0 Å². The molecule has 0 aromatic heterocycles. The molecular formula is C47H80O6. The highest BCUT2D eigenvalue weighted by Crippen LogP contribution is 2.13. The van der Waals surface area contributed by atoms with E-state index in [1.165, 1.54) is 57.8 Å². The quantitative estimate of drug-likeness (QED) is 0.0271. The van der Waals surface area contributed by atoms with Gasteiger partial charge in [0.1, 0.15) is 13.2 Å². The van der Waals surface area contributed by atoms with Crippen molar-refractivity contribution in [2.45, 2.75) is 207 Å². The fourth-order valence-electron chi connectivity index (χ4n) is 5.76. The van der Waals surface area contributed by atoms with Gasteiger partial charge >= 0.3 is 17.9 Å². The van der Waals surface area contributed by atoms with Crippen molar-refractivity contribution in [3.63, 3.8) is 0 Å². The summed E-state index contributed by atoms with van der Waals surface area (Å²) in [4.78, 5) is 37.4. The van der Waals surface area contributed by atoms with Crippen LogP contribution in [0.4, 0.5) is 0 Å². The maximum Gasteiger partial charge on any atom is 0.306 e. The van der Waals surface area contributed by atoms with E-state index in [0.29, 0.717) is 19.3 Å². The van der Waals surface area contributed by atoms with E-state index in [-0.39, 0.29) is 31.1 Å². The molecule has 6 heteroatoms. The lowest BCUT2D eigenvalue weighted by Crippen LogP contribution is -2.30. The summed E-state index contributed by atoms with van der Waals surface area (Å²) in [5.41, 5.74) is 0. The minimum absolute atomic E-state index is 0.0850. The zero-order chi connectivity index (χ0) is 38.7. The fraction of sp³-hybridized carbons (Fsp3) is 0.723. The Morgan fingerprint density at radius 1 is 0.396 bits per heavy atom. The first-order valence-electron chi connectivity index (χ1n) is 21.8. The van der Waals surface area contributed by atoms with Crippen LogP contribution < -0.4 is 0 Å². The van der Waals surface area contributed by atoms with Gasteiger partial charge in [0.05, 0.1) is 0 Å². The minimum atomic E-state index is -0.779. The Kier molecular flexibility index (Phi) is 39.6. The zero-order valence-electron chi connectivity index (χ0n) is 34.5. The molecule has 0 bridgehead atoms. The smallest absolute Gasteiger partial charge is 0.306 e. The summed E-state index contributed by atoms with van der Waals surface area (Å²) >= 11 is 0. The number of carbonyl (C=O) groups is 3. The van der Waals surface area contributed by atoms with Gasteiger partial charge in [-0.1, -0.05) is 178 Å². The molecule has 6 nitrogen and oxygen atoms in total. The van der Waals surface area contributed by atoms with E-state index < -0.39 is 6.10 Å². The standard InChI is InChI=1S/C47H80O6/c1-4-7-10-13-15-17-19-20-21-22-23-24-25-26-28-29-31-34-37-40-46(49)52-43-44(42-51-45(48)39-36-33-12-9-6-3)53-47(50)41-38-35-32-30-27-18-16-14-11-8-5-2/h7,10,15,17,20-21,23-24,26,28,44H,4-6,8-9,11-14,16,18-19,22,25,27,29-43H2,1-3H3/b10-7-,17-15-,21-20-,24-23-,28-26-. The van der Waals surface area contributed by atoms with Gasteiger partial charge in [0.2, 0.25) is 0 Å². The van der Waals surface area contributed by atoms with E-state index in [4.69, 9.17) is 14.2 Å². The third kappa shape index (κ3) is 40.1. The molecule has 0 aromatic rings.